The molecular formula is C32H45N5O3. The van der Waals surface area contributed by atoms with E-state index in [2.05, 4.69) is 43.2 Å². The highest BCUT2D eigenvalue weighted by molar-refractivity contribution is 5.97. The normalized spacial score (nSPS) is 12.9. The van der Waals surface area contributed by atoms with Crippen molar-refractivity contribution in [3.05, 3.63) is 53.4 Å². The second-order valence-electron chi connectivity index (χ2n) is 11.2. The van der Waals surface area contributed by atoms with Crippen molar-refractivity contribution in [1.29, 1.82) is 0 Å². The molecule has 8 nitrogen and oxygen atoms in total. The zero-order valence-corrected chi connectivity index (χ0v) is 25.8. The first-order chi connectivity index (χ1) is 18.9. The second-order valence-corrected chi connectivity index (χ2v) is 11.2. The smallest absolute Gasteiger partial charge is 0.180 e. The van der Waals surface area contributed by atoms with E-state index < -0.39 is 0 Å². The number of nitrogens with one attached hydrogen (secondary N) is 1. The Labute approximate surface area is 239 Å². The van der Waals surface area contributed by atoms with Crippen LogP contribution in [-0.4, -0.2) is 45.5 Å². The molecular weight excluding hydrogens is 502 g/mol. The lowest BCUT2D eigenvalue weighted by molar-refractivity contribution is 0.101. The van der Waals surface area contributed by atoms with Crippen LogP contribution >= 0.6 is 0 Å². The largest absolute Gasteiger partial charge is 0.496 e. The molecule has 0 saturated carbocycles. The molecule has 1 aromatic carbocycles. The lowest BCUT2D eigenvalue weighted by Crippen LogP contribution is -2.27. The summed E-state index contributed by atoms with van der Waals surface area (Å²) in [7, 11) is 3.55. The minimum absolute atomic E-state index is 0.0889. The Bertz CT molecular complexity index is 1400. The van der Waals surface area contributed by atoms with Gasteiger partial charge in [-0.05, 0) is 63.9 Å². The summed E-state index contributed by atoms with van der Waals surface area (Å²) >= 11 is 0. The van der Waals surface area contributed by atoms with Crippen LogP contribution in [-0.2, 0) is 13.7 Å². The van der Waals surface area contributed by atoms with E-state index in [1.807, 2.05) is 73.6 Å². The van der Waals surface area contributed by atoms with Crippen molar-refractivity contribution in [3.63, 3.8) is 0 Å². The summed E-state index contributed by atoms with van der Waals surface area (Å²) in [4.78, 5) is 12.3. The number of rotatable bonds is 8. The molecule has 1 N–H and O–H groups in total. The number of carbonyl (C=O) groups is 1. The zero-order chi connectivity index (χ0) is 29.6. The Morgan fingerprint density at radius 1 is 1.18 bits per heavy atom. The first kappa shape index (κ1) is 30.9. The third-order valence-corrected chi connectivity index (χ3v) is 6.48. The molecule has 4 rings (SSSR count). The van der Waals surface area contributed by atoms with Crippen LogP contribution in [0.3, 0.4) is 0 Å². The highest BCUT2D eigenvalue weighted by Gasteiger charge is 2.30. The molecule has 0 saturated heterocycles. The minimum Gasteiger partial charge on any atom is -0.496 e. The third kappa shape index (κ3) is 6.91. The maximum atomic E-state index is 12.3. The third-order valence-electron chi connectivity index (χ3n) is 6.48. The van der Waals surface area contributed by atoms with Gasteiger partial charge in [-0.1, -0.05) is 39.8 Å². The fourth-order valence-corrected chi connectivity index (χ4v) is 4.68. The van der Waals surface area contributed by atoms with Gasteiger partial charge in [-0.25, -0.2) is 4.68 Å². The van der Waals surface area contributed by atoms with E-state index in [4.69, 9.17) is 9.47 Å². The number of hydrogen-bond acceptors (Lipinski definition) is 6. The summed E-state index contributed by atoms with van der Waals surface area (Å²) in [5.41, 5.74) is 7.01. The summed E-state index contributed by atoms with van der Waals surface area (Å²) < 4.78 is 15.4. The zero-order valence-electron chi connectivity index (χ0n) is 25.8. The van der Waals surface area contributed by atoms with E-state index in [0.717, 1.165) is 52.6 Å². The molecule has 2 aromatic heterocycles. The highest BCUT2D eigenvalue weighted by atomic mass is 16.5. The fourth-order valence-electron chi connectivity index (χ4n) is 4.68. The van der Waals surface area contributed by atoms with Gasteiger partial charge >= 0.3 is 0 Å². The van der Waals surface area contributed by atoms with E-state index in [-0.39, 0.29) is 12.4 Å². The quantitative estimate of drug-likeness (QED) is 0.189. The summed E-state index contributed by atoms with van der Waals surface area (Å²) in [5, 5.41) is 12.5. The Morgan fingerprint density at radius 2 is 1.90 bits per heavy atom. The van der Waals surface area contributed by atoms with Crippen LogP contribution in [0.1, 0.15) is 76.6 Å². The number of Topliss-reactive ketones (excluding diaryl/α,β-unsaturated/α-hetero) is 1. The van der Waals surface area contributed by atoms with Crippen LogP contribution in [0.25, 0.3) is 28.2 Å². The number of ether oxygens (including phenoxy) is 2. The van der Waals surface area contributed by atoms with Gasteiger partial charge in [0.1, 0.15) is 23.8 Å². The van der Waals surface area contributed by atoms with Gasteiger partial charge in [0.2, 0.25) is 0 Å². The van der Waals surface area contributed by atoms with Gasteiger partial charge in [0, 0.05) is 36.7 Å². The van der Waals surface area contributed by atoms with Gasteiger partial charge in [0.05, 0.1) is 29.9 Å². The van der Waals surface area contributed by atoms with Crippen molar-refractivity contribution in [1.82, 2.24) is 24.9 Å². The molecule has 0 amide bonds. The van der Waals surface area contributed by atoms with Crippen LogP contribution in [0.15, 0.2) is 36.4 Å². The first-order valence-corrected chi connectivity index (χ1v) is 13.9. The van der Waals surface area contributed by atoms with Gasteiger partial charge in [0.25, 0.3) is 0 Å². The number of aryl methyl sites for hydroxylation is 2. The van der Waals surface area contributed by atoms with Crippen molar-refractivity contribution < 1.29 is 14.3 Å². The number of hydrogen-bond donors (Lipinski definition) is 1. The molecule has 0 fully saturated rings. The lowest BCUT2D eigenvalue weighted by atomic mass is 9.97. The first-order valence-electron chi connectivity index (χ1n) is 13.9. The molecule has 1 aliphatic heterocycles. The van der Waals surface area contributed by atoms with E-state index in [0.29, 0.717) is 22.6 Å². The van der Waals surface area contributed by atoms with Crippen LogP contribution in [0.4, 0.5) is 0 Å². The summed E-state index contributed by atoms with van der Waals surface area (Å²) in [6.07, 6.45) is 7.13. The summed E-state index contributed by atoms with van der Waals surface area (Å²) in [6, 6.07) is 5.95. The molecule has 0 bridgehead atoms. The maximum absolute atomic E-state index is 12.3. The lowest BCUT2D eigenvalue weighted by Gasteiger charge is -2.22. The van der Waals surface area contributed by atoms with Gasteiger partial charge in [-0.2, -0.15) is 10.2 Å². The molecule has 216 valence electrons. The standard InChI is InChI=1S/C24H26N4O3.C8H19N/c1-7-9-16(8-2)28-24-18-11-17(20-10-14(3)25-27(20)5)21(30-6)12-22(18)31-13-19(24)23(26-28)15(4)29;1-5-6-9-7-8(2,3)4/h7-12H,13H2,1-6H3;9H,5-7H2,1-4H3/b9-7-,16-8+;. The number of allylic oxidation sites excluding steroid dienone is 4. The van der Waals surface area contributed by atoms with Crippen LogP contribution in [0.5, 0.6) is 11.5 Å². The number of ketones is 1. The Kier molecular flexibility index (Phi) is 10.1. The van der Waals surface area contributed by atoms with Crippen molar-refractivity contribution >= 4 is 11.5 Å². The maximum Gasteiger partial charge on any atom is 0.180 e. The molecule has 3 heterocycles. The van der Waals surface area contributed by atoms with Crippen molar-refractivity contribution in [2.75, 3.05) is 20.2 Å². The Balaban J connectivity index is 0.000000424. The van der Waals surface area contributed by atoms with Crippen molar-refractivity contribution in [3.8, 4) is 34.0 Å². The molecule has 0 spiro atoms. The predicted molar refractivity (Wildman–Crippen MR) is 163 cm³/mol. The predicted octanol–water partition coefficient (Wildman–Crippen LogP) is 6.83. The van der Waals surface area contributed by atoms with Crippen molar-refractivity contribution in [2.24, 2.45) is 12.5 Å². The number of carbonyl (C=O) groups excluding carboxylic acids is 1. The minimum atomic E-state index is -0.0889. The van der Waals surface area contributed by atoms with Crippen LogP contribution < -0.4 is 14.8 Å². The number of aromatic nitrogens is 4. The Hall–Kier alpha value is -3.65. The fraction of sp³-hybridized carbons (Fsp3) is 0.469. The van der Waals surface area contributed by atoms with Crippen LogP contribution in [0, 0.1) is 12.3 Å². The average molecular weight is 548 g/mol. The molecule has 0 aliphatic carbocycles. The SMILES string of the molecule is C/C=C\C(=C/C)n1nc(C(C)=O)c2c1-c1cc(-c3cc(C)nn3C)c(OC)cc1OC2.CCCNCC(C)(C)C. The molecule has 0 unspecified atom stereocenters. The number of fused-ring (bicyclic) bond motifs is 3. The van der Waals surface area contributed by atoms with Gasteiger partial charge in [-0.3, -0.25) is 9.48 Å². The summed E-state index contributed by atoms with van der Waals surface area (Å²) in [6.45, 7) is 18.9. The van der Waals surface area contributed by atoms with Gasteiger partial charge < -0.3 is 14.8 Å². The van der Waals surface area contributed by atoms with E-state index in [1.54, 1.807) is 7.11 Å². The average Bonchev–Trinajstić information content (AvgIpc) is 3.45. The molecule has 3 aromatic rings. The number of benzene rings is 1. The van der Waals surface area contributed by atoms with E-state index >= 15 is 0 Å². The highest BCUT2D eigenvalue weighted by Crippen LogP contribution is 2.46. The molecule has 40 heavy (non-hydrogen) atoms. The summed E-state index contributed by atoms with van der Waals surface area (Å²) in [5.74, 6) is 1.30. The van der Waals surface area contributed by atoms with Crippen molar-refractivity contribution in [2.45, 2.75) is 68.4 Å². The van der Waals surface area contributed by atoms with Gasteiger partial charge in [-0.15, -0.1) is 0 Å². The monoisotopic (exact) mass is 547 g/mol. The number of methoxy groups -OCH3 is 1. The van der Waals surface area contributed by atoms with E-state index in [9.17, 15) is 4.79 Å². The molecule has 0 atom stereocenters. The van der Waals surface area contributed by atoms with Crippen LogP contribution in [0.2, 0.25) is 0 Å². The Morgan fingerprint density at radius 3 is 2.42 bits per heavy atom. The molecule has 1 aliphatic rings. The second kappa shape index (κ2) is 13.1. The molecule has 8 heteroatoms. The topological polar surface area (TPSA) is 83.2 Å². The van der Waals surface area contributed by atoms with Gasteiger partial charge in [0.15, 0.2) is 5.78 Å². The van der Waals surface area contributed by atoms with E-state index in [1.165, 1.54) is 13.3 Å². The number of nitrogens with zero attached hydrogens (tertiary/aromatic N) is 4. The molecule has 0 radical (unpaired) electrons.